The Kier molecular flexibility index (Phi) is 7.62. The summed E-state index contributed by atoms with van der Waals surface area (Å²) in [7, 11) is 0. The largest absolute Gasteiger partial charge is 0.314 e. The Balaban J connectivity index is 1.51. The van der Waals surface area contributed by atoms with Crippen LogP contribution in [0.2, 0.25) is 0 Å². The van der Waals surface area contributed by atoms with Crippen LogP contribution >= 0.6 is 0 Å². The Morgan fingerprint density at radius 3 is 1.04 bits per heavy atom. The van der Waals surface area contributed by atoms with Gasteiger partial charge in [0.1, 0.15) is 0 Å². The van der Waals surface area contributed by atoms with Gasteiger partial charge < -0.3 is 26.6 Å². The molecule has 0 aromatic carbocycles. The minimum Gasteiger partial charge on any atom is -0.314 e. The molecule has 3 aliphatic rings. The van der Waals surface area contributed by atoms with E-state index in [4.69, 9.17) is 0 Å². The van der Waals surface area contributed by atoms with Crippen LogP contribution in [0.15, 0.2) is 0 Å². The van der Waals surface area contributed by atoms with E-state index < -0.39 is 0 Å². The molecule has 3 rings (SSSR count). The minimum atomic E-state index is 0.663. The minimum absolute atomic E-state index is 0.663. The van der Waals surface area contributed by atoms with Crippen LogP contribution in [0.25, 0.3) is 0 Å². The molecule has 2 saturated carbocycles. The summed E-state index contributed by atoms with van der Waals surface area (Å²) >= 11 is 0. The summed E-state index contributed by atoms with van der Waals surface area (Å²) in [5.41, 5.74) is 0. The van der Waals surface area contributed by atoms with Crippen molar-refractivity contribution in [2.75, 3.05) is 39.3 Å². The van der Waals surface area contributed by atoms with Gasteiger partial charge in [-0.2, -0.15) is 0 Å². The first-order chi connectivity index (χ1) is 11.4. The van der Waals surface area contributed by atoms with Crippen molar-refractivity contribution in [2.45, 2.75) is 75.5 Å². The molecule has 5 N–H and O–H groups in total. The quantitative estimate of drug-likeness (QED) is 0.451. The zero-order valence-corrected chi connectivity index (χ0v) is 14.7. The Morgan fingerprint density at radius 1 is 0.391 bits per heavy atom. The monoisotopic (exact) mass is 323 g/mol. The summed E-state index contributed by atoms with van der Waals surface area (Å²) in [6.45, 7) is 6.55. The molecule has 23 heavy (non-hydrogen) atoms. The zero-order valence-electron chi connectivity index (χ0n) is 14.7. The third-order valence-corrected chi connectivity index (χ3v) is 5.89. The molecule has 0 radical (unpaired) electrons. The maximum atomic E-state index is 3.82. The van der Waals surface area contributed by atoms with E-state index in [0.717, 1.165) is 39.3 Å². The molecule has 3 fully saturated rings. The lowest BCUT2D eigenvalue weighted by atomic mass is 9.90. The van der Waals surface area contributed by atoms with Crippen molar-refractivity contribution >= 4 is 0 Å². The summed E-state index contributed by atoms with van der Waals surface area (Å²) in [6, 6.07) is 2.65. The van der Waals surface area contributed by atoms with Crippen molar-refractivity contribution < 1.29 is 0 Å². The van der Waals surface area contributed by atoms with Gasteiger partial charge in [-0.05, 0) is 25.7 Å². The van der Waals surface area contributed by atoms with Crippen molar-refractivity contribution in [3.8, 4) is 0 Å². The van der Waals surface area contributed by atoms with Crippen LogP contribution in [-0.4, -0.2) is 63.4 Å². The molecule has 1 saturated heterocycles. The van der Waals surface area contributed by atoms with Gasteiger partial charge in [-0.25, -0.2) is 0 Å². The molecule has 5 heteroatoms. The van der Waals surface area contributed by atoms with E-state index in [-0.39, 0.29) is 0 Å². The fourth-order valence-electron chi connectivity index (χ4n) is 4.57. The number of fused-ring (bicyclic) bond motifs is 2. The Labute approximate surface area is 142 Å². The van der Waals surface area contributed by atoms with Gasteiger partial charge in [0.05, 0.1) is 0 Å². The van der Waals surface area contributed by atoms with E-state index in [2.05, 4.69) is 26.6 Å². The molecule has 1 aliphatic heterocycles. The molecule has 134 valence electrons. The van der Waals surface area contributed by atoms with Crippen LogP contribution in [0.1, 0.15) is 51.4 Å². The van der Waals surface area contributed by atoms with Gasteiger partial charge in [-0.3, -0.25) is 0 Å². The lowest BCUT2D eigenvalue weighted by Crippen LogP contribution is -2.54. The van der Waals surface area contributed by atoms with Gasteiger partial charge >= 0.3 is 0 Å². The van der Waals surface area contributed by atoms with E-state index in [1.807, 2.05) is 0 Å². The standard InChI is InChI=1S/C18H37N5/c1-3-7-17-15(5-1)20-11-9-19-10-12-21-16-6-2-4-8-18(16)23-14-13-22-17/h15-23H,1-14H2/t15-,16?,17?,18?/m1/s1. The van der Waals surface area contributed by atoms with E-state index in [0.29, 0.717) is 24.2 Å². The van der Waals surface area contributed by atoms with Gasteiger partial charge in [0.25, 0.3) is 0 Å². The highest BCUT2D eigenvalue weighted by atomic mass is 15.1. The van der Waals surface area contributed by atoms with Gasteiger partial charge in [-0.15, -0.1) is 0 Å². The molecule has 0 aromatic rings. The fraction of sp³-hybridized carbons (Fsp3) is 1.00. The lowest BCUT2D eigenvalue weighted by Gasteiger charge is -2.34. The normalized spacial score (nSPS) is 38.6. The van der Waals surface area contributed by atoms with E-state index in [9.17, 15) is 0 Å². The van der Waals surface area contributed by atoms with Crippen molar-refractivity contribution in [1.29, 1.82) is 0 Å². The van der Waals surface area contributed by atoms with E-state index in [1.54, 1.807) is 0 Å². The lowest BCUT2D eigenvalue weighted by molar-refractivity contribution is 0.270. The molecule has 1 heterocycles. The summed E-state index contributed by atoms with van der Waals surface area (Å²) in [5.74, 6) is 0. The fourth-order valence-corrected chi connectivity index (χ4v) is 4.57. The first-order valence-corrected chi connectivity index (χ1v) is 10.1. The van der Waals surface area contributed by atoms with Crippen LogP contribution in [-0.2, 0) is 0 Å². The highest BCUT2D eigenvalue weighted by molar-refractivity contribution is 4.89. The second kappa shape index (κ2) is 9.94. The van der Waals surface area contributed by atoms with Crippen molar-refractivity contribution in [1.82, 2.24) is 26.6 Å². The molecule has 0 bridgehead atoms. The molecule has 0 spiro atoms. The molecule has 4 atom stereocenters. The average Bonchev–Trinajstić information content (AvgIpc) is 2.60. The molecular weight excluding hydrogens is 286 g/mol. The molecule has 3 unspecified atom stereocenters. The average molecular weight is 324 g/mol. The van der Waals surface area contributed by atoms with Crippen LogP contribution in [0.3, 0.4) is 0 Å². The Hall–Kier alpha value is -0.200. The molecule has 5 nitrogen and oxygen atoms in total. The number of rotatable bonds is 0. The van der Waals surface area contributed by atoms with Crippen LogP contribution in [0.5, 0.6) is 0 Å². The zero-order chi connectivity index (χ0) is 15.7. The summed E-state index contributed by atoms with van der Waals surface area (Å²) in [5, 5.41) is 18.8. The highest BCUT2D eigenvalue weighted by Gasteiger charge is 2.26. The molecule has 0 amide bonds. The Morgan fingerprint density at radius 2 is 0.696 bits per heavy atom. The molecule has 0 aromatic heterocycles. The molecular formula is C18H37N5. The topological polar surface area (TPSA) is 60.1 Å². The van der Waals surface area contributed by atoms with E-state index >= 15 is 0 Å². The predicted molar refractivity (Wildman–Crippen MR) is 97.0 cm³/mol. The Bertz CT molecular complexity index is 295. The first-order valence-electron chi connectivity index (χ1n) is 10.1. The van der Waals surface area contributed by atoms with Crippen LogP contribution in [0.4, 0.5) is 0 Å². The van der Waals surface area contributed by atoms with E-state index in [1.165, 1.54) is 51.4 Å². The second-order valence-electron chi connectivity index (χ2n) is 7.56. The smallest absolute Gasteiger partial charge is 0.0221 e. The SMILES string of the molecule is C1CCC2NCCNC3CCCC[C@H]3NCCNCCNC2C1. The van der Waals surface area contributed by atoms with Crippen LogP contribution in [0, 0.1) is 0 Å². The van der Waals surface area contributed by atoms with Gasteiger partial charge in [-0.1, -0.05) is 25.7 Å². The third-order valence-electron chi connectivity index (χ3n) is 5.89. The third kappa shape index (κ3) is 5.68. The predicted octanol–water partition coefficient (Wildman–Crippen LogP) is 0.570. The van der Waals surface area contributed by atoms with Crippen molar-refractivity contribution in [3.05, 3.63) is 0 Å². The number of nitrogens with one attached hydrogen (secondary N) is 5. The van der Waals surface area contributed by atoms with Gasteiger partial charge in [0.2, 0.25) is 0 Å². The highest BCUT2D eigenvalue weighted by Crippen LogP contribution is 2.19. The van der Waals surface area contributed by atoms with Crippen molar-refractivity contribution in [3.63, 3.8) is 0 Å². The molecule has 2 aliphatic carbocycles. The van der Waals surface area contributed by atoms with Gasteiger partial charge in [0, 0.05) is 63.4 Å². The number of hydrogen-bond acceptors (Lipinski definition) is 5. The maximum absolute atomic E-state index is 3.82. The summed E-state index contributed by atoms with van der Waals surface area (Å²) < 4.78 is 0. The summed E-state index contributed by atoms with van der Waals surface area (Å²) in [6.07, 6.45) is 10.9. The summed E-state index contributed by atoms with van der Waals surface area (Å²) in [4.78, 5) is 0. The van der Waals surface area contributed by atoms with Crippen LogP contribution < -0.4 is 26.6 Å². The van der Waals surface area contributed by atoms with Gasteiger partial charge in [0.15, 0.2) is 0 Å². The second-order valence-corrected chi connectivity index (χ2v) is 7.56. The first kappa shape index (κ1) is 17.6. The number of hydrogen-bond donors (Lipinski definition) is 5. The van der Waals surface area contributed by atoms with Crippen molar-refractivity contribution in [2.24, 2.45) is 0 Å². The maximum Gasteiger partial charge on any atom is 0.0221 e.